The van der Waals surface area contributed by atoms with Crippen molar-refractivity contribution in [1.82, 2.24) is 5.06 Å². The van der Waals surface area contributed by atoms with E-state index in [1.165, 1.54) is 17.2 Å². The number of hydroxylamine groups is 2. The van der Waals surface area contributed by atoms with Gasteiger partial charge in [-0.3, -0.25) is 0 Å². The number of alkyl halides is 3. The molecule has 0 saturated carbocycles. The fourth-order valence-corrected chi connectivity index (χ4v) is 2.71. The highest BCUT2D eigenvalue weighted by molar-refractivity contribution is 5.30. The second kappa shape index (κ2) is 4.21. The van der Waals surface area contributed by atoms with Crippen molar-refractivity contribution in [3.8, 4) is 0 Å². The lowest BCUT2D eigenvalue weighted by atomic mass is 9.89. The average molecular weight is 273 g/mol. The van der Waals surface area contributed by atoms with Crippen LogP contribution in [0.3, 0.4) is 0 Å². The van der Waals surface area contributed by atoms with Gasteiger partial charge in [-0.15, -0.1) is 0 Å². The summed E-state index contributed by atoms with van der Waals surface area (Å²) in [6.07, 6.45) is -2.82. The molecule has 1 aromatic rings. The molecule has 0 radical (unpaired) electrons. The first kappa shape index (κ1) is 14.3. The van der Waals surface area contributed by atoms with Crippen LogP contribution in [-0.2, 0) is 11.7 Å². The Balaban J connectivity index is 2.33. The van der Waals surface area contributed by atoms with Gasteiger partial charge in [-0.2, -0.15) is 18.2 Å². The third-order valence-electron chi connectivity index (χ3n) is 4.10. The van der Waals surface area contributed by atoms with Crippen LogP contribution in [0.2, 0.25) is 0 Å². The lowest BCUT2D eigenvalue weighted by Gasteiger charge is -2.37. The van der Waals surface area contributed by atoms with E-state index in [2.05, 4.69) is 0 Å². The van der Waals surface area contributed by atoms with Crippen LogP contribution in [-0.4, -0.2) is 15.8 Å². The Hall–Kier alpha value is -1.07. The normalized spacial score (nSPS) is 27.7. The molecule has 0 aliphatic carbocycles. The molecular formula is C14H18F3NO. The predicted molar refractivity (Wildman–Crippen MR) is 65.7 cm³/mol. The maximum atomic E-state index is 12.5. The van der Waals surface area contributed by atoms with Crippen molar-refractivity contribution in [2.24, 2.45) is 0 Å². The Labute approximate surface area is 110 Å². The van der Waals surface area contributed by atoms with Gasteiger partial charge >= 0.3 is 6.18 Å². The van der Waals surface area contributed by atoms with Gasteiger partial charge in [0, 0.05) is 5.54 Å². The lowest BCUT2D eigenvalue weighted by Crippen LogP contribution is -2.45. The Morgan fingerprint density at radius 2 is 1.58 bits per heavy atom. The Morgan fingerprint density at radius 1 is 1.05 bits per heavy atom. The Bertz CT molecular complexity index is 467. The molecule has 0 amide bonds. The Morgan fingerprint density at radius 3 is 1.95 bits per heavy atom. The zero-order chi connectivity index (χ0) is 14.5. The van der Waals surface area contributed by atoms with Crippen LogP contribution >= 0.6 is 0 Å². The topological polar surface area (TPSA) is 23.5 Å². The van der Waals surface area contributed by atoms with Gasteiger partial charge in [0.05, 0.1) is 11.1 Å². The molecular weight excluding hydrogens is 255 g/mol. The molecule has 1 fully saturated rings. The SMILES string of the molecule is CC1(C)CCC(C)(c2ccc(C(F)(F)F)cc2)N1O. The van der Waals surface area contributed by atoms with Gasteiger partial charge in [-0.1, -0.05) is 12.1 Å². The van der Waals surface area contributed by atoms with Crippen molar-refractivity contribution in [3.63, 3.8) is 0 Å². The van der Waals surface area contributed by atoms with E-state index in [9.17, 15) is 18.4 Å². The van der Waals surface area contributed by atoms with Crippen molar-refractivity contribution in [2.75, 3.05) is 0 Å². The van der Waals surface area contributed by atoms with Gasteiger partial charge in [0.2, 0.25) is 0 Å². The largest absolute Gasteiger partial charge is 0.416 e. The van der Waals surface area contributed by atoms with Crippen LogP contribution in [0.15, 0.2) is 24.3 Å². The molecule has 0 aromatic heterocycles. The quantitative estimate of drug-likeness (QED) is 0.829. The van der Waals surface area contributed by atoms with Crippen LogP contribution in [0, 0.1) is 0 Å². The highest BCUT2D eigenvalue weighted by Crippen LogP contribution is 2.45. The Kier molecular flexibility index (Phi) is 3.18. The molecule has 1 atom stereocenters. The van der Waals surface area contributed by atoms with Crippen LogP contribution in [0.1, 0.15) is 44.7 Å². The number of halogens is 3. The summed E-state index contributed by atoms with van der Waals surface area (Å²) in [5, 5.41) is 11.5. The third-order valence-corrected chi connectivity index (χ3v) is 4.10. The molecule has 19 heavy (non-hydrogen) atoms. The molecule has 1 N–H and O–H groups in total. The van der Waals surface area contributed by atoms with Crippen LogP contribution in [0.4, 0.5) is 13.2 Å². The predicted octanol–water partition coefficient (Wildman–Crippen LogP) is 4.18. The first-order chi connectivity index (χ1) is 8.57. The van der Waals surface area contributed by atoms with E-state index in [0.717, 1.165) is 18.6 Å². The van der Waals surface area contributed by atoms with Gasteiger partial charge in [-0.05, 0) is 51.3 Å². The van der Waals surface area contributed by atoms with E-state index in [-0.39, 0.29) is 5.54 Å². The van der Waals surface area contributed by atoms with E-state index >= 15 is 0 Å². The molecule has 1 aromatic carbocycles. The van der Waals surface area contributed by atoms with Gasteiger partial charge < -0.3 is 5.21 Å². The first-order valence-electron chi connectivity index (χ1n) is 6.24. The lowest BCUT2D eigenvalue weighted by molar-refractivity contribution is -0.200. The summed E-state index contributed by atoms with van der Waals surface area (Å²) in [5.41, 5.74) is -0.958. The molecule has 106 valence electrons. The number of rotatable bonds is 1. The number of benzene rings is 1. The molecule has 1 unspecified atom stereocenters. The monoisotopic (exact) mass is 273 g/mol. The number of hydrogen-bond acceptors (Lipinski definition) is 2. The van der Waals surface area contributed by atoms with E-state index in [1.807, 2.05) is 20.8 Å². The van der Waals surface area contributed by atoms with E-state index in [0.29, 0.717) is 12.0 Å². The summed E-state index contributed by atoms with van der Waals surface area (Å²) in [6.45, 7) is 5.69. The maximum absolute atomic E-state index is 12.5. The molecule has 5 heteroatoms. The number of hydrogen-bond donors (Lipinski definition) is 1. The van der Waals surface area contributed by atoms with Crippen molar-refractivity contribution in [3.05, 3.63) is 35.4 Å². The summed E-state index contributed by atoms with van der Waals surface area (Å²) < 4.78 is 37.6. The van der Waals surface area contributed by atoms with Crippen molar-refractivity contribution in [2.45, 2.75) is 50.9 Å². The minimum absolute atomic E-state index is 0.364. The van der Waals surface area contributed by atoms with Crippen molar-refractivity contribution >= 4 is 0 Å². The van der Waals surface area contributed by atoms with Gasteiger partial charge in [0.25, 0.3) is 0 Å². The zero-order valence-corrected chi connectivity index (χ0v) is 11.3. The summed E-state index contributed by atoms with van der Waals surface area (Å²) in [7, 11) is 0. The number of nitrogens with zero attached hydrogens (tertiary/aromatic N) is 1. The maximum Gasteiger partial charge on any atom is 0.416 e. The minimum Gasteiger partial charge on any atom is -0.313 e. The molecule has 0 spiro atoms. The molecule has 2 nitrogen and oxygen atoms in total. The van der Waals surface area contributed by atoms with Crippen molar-refractivity contribution in [1.29, 1.82) is 0 Å². The van der Waals surface area contributed by atoms with E-state index in [1.54, 1.807) is 0 Å². The standard InChI is InChI=1S/C14H18F3NO/c1-12(2)8-9-13(3,18(12)19)10-4-6-11(7-5-10)14(15,16)17/h4-7,19H,8-9H2,1-3H3. The van der Waals surface area contributed by atoms with Gasteiger partial charge in [0.1, 0.15) is 0 Å². The summed E-state index contributed by atoms with van der Waals surface area (Å²) in [6, 6.07) is 5.04. The second-order valence-electron chi connectivity index (χ2n) is 5.97. The summed E-state index contributed by atoms with van der Waals surface area (Å²) in [5.74, 6) is 0. The van der Waals surface area contributed by atoms with E-state index in [4.69, 9.17) is 0 Å². The smallest absolute Gasteiger partial charge is 0.313 e. The highest BCUT2D eigenvalue weighted by atomic mass is 19.4. The van der Waals surface area contributed by atoms with Crippen LogP contribution in [0.25, 0.3) is 0 Å². The van der Waals surface area contributed by atoms with Crippen LogP contribution in [0.5, 0.6) is 0 Å². The molecule has 1 saturated heterocycles. The molecule has 2 rings (SSSR count). The minimum atomic E-state index is -4.33. The first-order valence-corrected chi connectivity index (χ1v) is 6.24. The fourth-order valence-electron chi connectivity index (χ4n) is 2.71. The van der Waals surface area contributed by atoms with E-state index < -0.39 is 17.3 Å². The average Bonchev–Trinajstić information content (AvgIpc) is 2.54. The van der Waals surface area contributed by atoms with Gasteiger partial charge in [-0.25, -0.2) is 0 Å². The third kappa shape index (κ3) is 2.37. The fraction of sp³-hybridized carbons (Fsp3) is 0.571. The van der Waals surface area contributed by atoms with Crippen molar-refractivity contribution < 1.29 is 18.4 Å². The van der Waals surface area contributed by atoms with Gasteiger partial charge in [0.15, 0.2) is 0 Å². The molecule has 1 aliphatic heterocycles. The summed E-state index contributed by atoms with van der Waals surface area (Å²) >= 11 is 0. The molecule has 1 aliphatic rings. The molecule has 1 heterocycles. The van der Waals surface area contributed by atoms with Crippen LogP contribution < -0.4 is 0 Å². The highest BCUT2D eigenvalue weighted by Gasteiger charge is 2.48. The summed E-state index contributed by atoms with van der Waals surface area (Å²) in [4.78, 5) is 0. The zero-order valence-electron chi connectivity index (χ0n) is 11.3. The molecule has 0 bridgehead atoms. The second-order valence-corrected chi connectivity index (χ2v) is 5.97.